The van der Waals surface area contributed by atoms with Crippen molar-refractivity contribution in [1.29, 1.82) is 0 Å². The van der Waals surface area contributed by atoms with E-state index in [4.69, 9.17) is 21.3 Å². The number of nitrogens with one attached hydrogen (secondary N) is 1. The summed E-state index contributed by atoms with van der Waals surface area (Å²) in [4.78, 5) is 64.1. The number of halogens is 4. The molecule has 1 aromatic carbocycles. The van der Waals surface area contributed by atoms with E-state index in [1.54, 1.807) is 17.7 Å². The molecule has 3 aliphatic rings. The highest BCUT2D eigenvalue weighted by Crippen LogP contribution is 2.39. The van der Waals surface area contributed by atoms with Gasteiger partial charge in [0.05, 0.1) is 41.4 Å². The number of piperazine rings is 1. The van der Waals surface area contributed by atoms with Gasteiger partial charge in [0.2, 0.25) is 11.3 Å². The van der Waals surface area contributed by atoms with Gasteiger partial charge in [-0.2, -0.15) is 13.2 Å². The lowest BCUT2D eigenvalue weighted by Crippen LogP contribution is -2.50. The standard InChI is InChI=1S/C34H35ClF3N9O5/c1-3-23-28(44-8-10-45(11-9-44)32(51)27-29(49)19(2)40-18-41-27)30(50)26-31(39-13-24(43-26)46-7-6-33(15-46)16-52-17-33)47(23)14-25(48)42-22-5-4-20(12-21(22)35)34(36,37)38/h4-5,12-13,18,49H,3,6-11,14-17H2,1-2H3,(H,42,48). The fraction of sp³-hybridized carbons (Fsp3) is 0.441. The van der Waals surface area contributed by atoms with E-state index in [2.05, 4.69) is 25.2 Å². The summed E-state index contributed by atoms with van der Waals surface area (Å²) in [5.41, 5.74) is -0.112. The van der Waals surface area contributed by atoms with Crippen molar-refractivity contribution in [3.05, 3.63) is 68.6 Å². The maximum atomic E-state index is 14.4. The van der Waals surface area contributed by atoms with Gasteiger partial charge < -0.3 is 34.4 Å². The topological polar surface area (TPSA) is 159 Å². The van der Waals surface area contributed by atoms with Crippen molar-refractivity contribution in [3.63, 3.8) is 0 Å². The normalized spacial score (nSPS) is 17.2. The summed E-state index contributed by atoms with van der Waals surface area (Å²) in [6, 6.07) is 2.66. The molecular formula is C34H35ClF3N9O5. The third-order valence-corrected chi connectivity index (χ3v) is 10.2. The van der Waals surface area contributed by atoms with E-state index in [9.17, 15) is 32.7 Å². The fourth-order valence-electron chi connectivity index (χ4n) is 7.02. The molecule has 3 aliphatic heterocycles. The molecule has 0 atom stereocenters. The van der Waals surface area contributed by atoms with Crippen LogP contribution in [-0.4, -0.2) is 98.8 Å². The van der Waals surface area contributed by atoms with Crippen molar-refractivity contribution in [2.45, 2.75) is 39.4 Å². The number of nitrogens with zero attached hydrogens (tertiary/aromatic N) is 8. The Balaban J connectivity index is 1.23. The number of benzene rings is 1. The first-order chi connectivity index (χ1) is 24.8. The molecule has 274 valence electrons. The molecule has 18 heteroatoms. The molecular weight excluding hydrogens is 707 g/mol. The van der Waals surface area contributed by atoms with E-state index in [1.165, 1.54) is 11.2 Å². The highest BCUT2D eigenvalue weighted by molar-refractivity contribution is 6.33. The van der Waals surface area contributed by atoms with Crippen LogP contribution in [-0.2, 0) is 28.7 Å². The first kappa shape index (κ1) is 35.4. The van der Waals surface area contributed by atoms with Crippen LogP contribution in [0.3, 0.4) is 0 Å². The molecule has 52 heavy (non-hydrogen) atoms. The second-order valence-electron chi connectivity index (χ2n) is 13.3. The Morgan fingerprint density at radius 2 is 1.83 bits per heavy atom. The summed E-state index contributed by atoms with van der Waals surface area (Å²) in [5, 5.41) is 12.7. The van der Waals surface area contributed by atoms with E-state index in [0.717, 1.165) is 24.6 Å². The summed E-state index contributed by atoms with van der Waals surface area (Å²) < 4.78 is 46.7. The van der Waals surface area contributed by atoms with Gasteiger partial charge in [-0.05, 0) is 38.0 Å². The molecule has 2 N–H and O–H groups in total. The average molecular weight is 742 g/mol. The Morgan fingerprint density at radius 3 is 2.46 bits per heavy atom. The molecule has 1 spiro atoms. The molecule has 6 heterocycles. The van der Waals surface area contributed by atoms with Gasteiger partial charge in [0, 0.05) is 50.4 Å². The zero-order chi connectivity index (χ0) is 36.9. The van der Waals surface area contributed by atoms with Crippen molar-refractivity contribution in [2.24, 2.45) is 5.41 Å². The number of carbonyl (C=O) groups is 2. The van der Waals surface area contributed by atoms with Crippen LogP contribution in [0.1, 0.15) is 40.8 Å². The number of fused-ring (bicyclic) bond motifs is 1. The predicted octanol–water partition coefficient (Wildman–Crippen LogP) is 3.66. The molecule has 4 aromatic rings. The Kier molecular flexibility index (Phi) is 9.19. The van der Waals surface area contributed by atoms with Gasteiger partial charge >= 0.3 is 6.18 Å². The number of pyridine rings is 1. The maximum Gasteiger partial charge on any atom is 0.416 e. The van der Waals surface area contributed by atoms with Crippen LogP contribution in [0.2, 0.25) is 5.02 Å². The number of ether oxygens (including phenoxy) is 1. The van der Waals surface area contributed by atoms with E-state index in [1.807, 2.05) is 11.8 Å². The van der Waals surface area contributed by atoms with Crippen LogP contribution >= 0.6 is 11.6 Å². The predicted molar refractivity (Wildman–Crippen MR) is 185 cm³/mol. The largest absolute Gasteiger partial charge is 0.504 e. The zero-order valence-electron chi connectivity index (χ0n) is 28.3. The third-order valence-electron chi connectivity index (χ3n) is 9.90. The number of amides is 2. The van der Waals surface area contributed by atoms with Crippen molar-refractivity contribution in [2.75, 3.05) is 67.6 Å². The molecule has 14 nitrogen and oxygen atoms in total. The van der Waals surface area contributed by atoms with Crippen molar-refractivity contribution < 1.29 is 32.6 Å². The van der Waals surface area contributed by atoms with Gasteiger partial charge in [-0.15, -0.1) is 0 Å². The smallest absolute Gasteiger partial charge is 0.416 e. The van der Waals surface area contributed by atoms with Crippen LogP contribution in [0.15, 0.2) is 35.5 Å². The quantitative estimate of drug-likeness (QED) is 0.285. The van der Waals surface area contributed by atoms with Crippen molar-refractivity contribution in [1.82, 2.24) is 29.4 Å². The molecule has 0 saturated carbocycles. The number of aromatic hydroxyl groups is 1. The monoisotopic (exact) mass is 741 g/mol. The van der Waals surface area contributed by atoms with Crippen molar-refractivity contribution >= 4 is 51.8 Å². The molecule has 3 fully saturated rings. The van der Waals surface area contributed by atoms with E-state index < -0.39 is 23.6 Å². The molecule has 0 bridgehead atoms. The molecule has 0 unspecified atom stereocenters. The van der Waals surface area contributed by atoms with Gasteiger partial charge in [-0.25, -0.2) is 19.9 Å². The van der Waals surface area contributed by atoms with Gasteiger partial charge in [0.1, 0.15) is 24.4 Å². The average Bonchev–Trinajstić information content (AvgIpc) is 3.58. The Bertz CT molecular complexity index is 2130. The number of alkyl halides is 3. The number of hydrogen-bond acceptors (Lipinski definition) is 11. The summed E-state index contributed by atoms with van der Waals surface area (Å²) in [6.45, 7) is 6.69. The first-order valence-corrected chi connectivity index (χ1v) is 17.1. The highest BCUT2D eigenvalue weighted by atomic mass is 35.5. The van der Waals surface area contributed by atoms with E-state index >= 15 is 0 Å². The van der Waals surface area contributed by atoms with Crippen molar-refractivity contribution in [3.8, 4) is 5.75 Å². The molecule has 0 radical (unpaired) electrons. The number of anilines is 3. The molecule has 2 amide bonds. The lowest BCUT2D eigenvalue weighted by molar-refractivity contribution is -0.137. The lowest BCUT2D eigenvalue weighted by atomic mass is 9.85. The van der Waals surface area contributed by atoms with Crippen LogP contribution in [0.25, 0.3) is 11.2 Å². The Labute approximate surface area is 300 Å². The third kappa shape index (κ3) is 6.46. The highest BCUT2D eigenvalue weighted by Gasteiger charge is 2.45. The zero-order valence-corrected chi connectivity index (χ0v) is 29.1. The Morgan fingerprint density at radius 1 is 1.08 bits per heavy atom. The lowest BCUT2D eigenvalue weighted by Gasteiger charge is -2.37. The number of rotatable bonds is 7. The first-order valence-electron chi connectivity index (χ1n) is 16.7. The Hall–Kier alpha value is -5.03. The summed E-state index contributed by atoms with van der Waals surface area (Å²) in [6.07, 6.45) is -0.599. The summed E-state index contributed by atoms with van der Waals surface area (Å²) in [5.74, 6) is -0.852. The molecule has 7 rings (SSSR count). The number of aromatic nitrogens is 5. The van der Waals surface area contributed by atoms with Crippen LogP contribution < -0.4 is 20.5 Å². The molecule has 3 aromatic heterocycles. The molecule has 3 saturated heterocycles. The van der Waals surface area contributed by atoms with Crippen LogP contribution in [0, 0.1) is 12.3 Å². The van der Waals surface area contributed by atoms with Gasteiger partial charge in [-0.3, -0.25) is 14.4 Å². The van der Waals surface area contributed by atoms with Crippen LogP contribution in [0.5, 0.6) is 5.75 Å². The number of carbonyl (C=O) groups excluding carboxylic acids is 2. The van der Waals surface area contributed by atoms with Gasteiger partial charge in [0.25, 0.3) is 5.91 Å². The second-order valence-corrected chi connectivity index (χ2v) is 13.7. The summed E-state index contributed by atoms with van der Waals surface area (Å²) >= 11 is 6.13. The number of aryl methyl sites for hydroxylation is 1. The minimum atomic E-state index is -4.61. The van der Waals surface area contributed by atoms with E-state index in [0.29, 0.717) is 49.9 Å². The van der Waals surface area contributed by atoms with E-state index in [-0.39, 0.29) is 82.6 Å². The number of hydrogen-bond donors (Lipinski definition) is 2. The van der Waals surface area contributed by atoms with Gasteiger partial charge in [-0.1, -0.05) is 18.5 Å². The van der Waals surface area contributed by atoms with Gasteiger partial charge in [0.15, 0.2) is 22.6 Å². The minimum absolute atomic E-state index is 0.00898. The molecule has 0 aliphatic carbocycles. The maximum absolute atomic E-state index is 14.4. The minimum Gasteiger partial charge on any atom is -0.504 e. The SMILES string of the molecule is CCc1c(N2CCN(C(=O)c3ncnc(C)c3O)CC2)c(=O)c2nc(N3CCC4(COC4)C3)cnc2n1CC(=O)Nc1ccc(C(F)(F)F)cc1Cl. The summed E-state index contributed by atoms with van der Waals surface area (Å²) in [7, 11) is 0. The second kappa shape index (κ2) is 13.5. The fourth-order valence-corrected chi connectivity index (χ4v) is 7.25. The van der Waals surface area contributed by atoms with Crippen LogP contribution in [0.4, 0.5) is 30.4 Å².